The molecule has 2 aliphatic heterocycles. The smallest absolute Gasteiger partial charge is 0.258 e. The van der Waals surface area contributed by atoms with Crippen LogP contribution in [0.5, 0.6) is 5.75 Å². The number of rotatable bonds is 3. The number of carbonyl (C=O) groups is 4. The van der Waals surface area contributed by atoms with Crippen molar-refractivity contribution in [2.75, 3.05) is 9.80 Å². The zero-order chi connectivity index (χ0) is 34.8. The van der Waals surface area contributed by atoms with Gasteiger partial charge in [-0.2, -0.15) is 0 Å². The van der Waals surface area contributed by atoms with E-state index in [0.717, 1.165) is 26.7 Å². The molecule has 7 rings (SSSR count). The number of fused-ring (bicyclic) bond motifs is 4. The van der Waals surface area contributed by atoms with Crippen molar-refractivity contribution < 1.29 is 50.6 Å². The molecule has 0 aromatic heterocycles. The lowest BCUT2D eigenvalue weighted by atomic mass is 9.56. The molecule has 3 fully saturated rings. The predicted molar refractivity (Wildman–Crippen MR) is 166 cm³/mol. The molecule has 0 bridgehead atoms. The first kappa shape index (κ1) is 32.9. The van der Waals surface area contributed by atoms with Crippen molar-refractivity contribution >= 4 is 80.8 Å². The van der Waals surface area contributed by atoms with Crippen molar-refractivity contribution in [1.82, 2.24) is 0 Å². The summed E-state index contributed by atoms with van der Waals surface area (Å²) in [5.74, 6) is -24.8. The van der Waals surface area contributed by atoms with Crippen LogP contribution < -0.4 is 9.80 Å². The minimum atomic E-state index is -2.88. The highest BCUT2D eigenvalue weighted by atomic mass is 127. The molecule has 248 valence electrons. The molecule has 2 heterocycles. The Morgan fingerprint density at radius 3 is 2.00 bits per heavy atom. The van der Waals surface area contributed by atoms with Gasteiger partial charge in [0.15, 0.2) is 44.6 Å². The van der Waals surface area contributed by atoms with Crippen LogP contribution in [0.2, 0.25) is 0 Å². The van der Waals surface area contributed by atoms with Crippen LogP contribution in [0.4, 0.5) is 37.7 Å². The normalized spacial score (nSPS) is 29.6. The summed E-state index contributed by atoms with van der Waals surface area (Å²) in [7, 11) is 0. The number of aromatic hydroxyl groups is 1. The van der Waals surface area contributed by atoms with E-state index in [1.165, 1.54) is 6.08 Å². The van der Waals surface area contributed by atoms with Gasteiger partial charge in [0.2, 0.25) is 17.6 Å². The van der Waals surface area contributed by atoms with E-state index in [2.05, 4.69) is 0 Å². The van der Waals surface area contributed by atoms with Gasteiger partial charge in [-0.3, -0.25) is 24.1 Å². The SMILES string of the molecule is O=C1[C@H]2[C@H](CC=C3[C@H]2C[C@@]2(Cl)C(=O)N(c4c(F)c(F)c(F)c(F)c4F)C(=O)[C@@]2(Cl)[C@H]3c2cccc(F)c2O)C(=O)N1c1ccc(I)cc1. The molecule has 48 heavy (non-hydrogen) atoms. The van der Waals surface area contributed by atoms with Crippen LogP contribution >= 0.6 is 45.8 Å². The van der Waals surface area contributed by atoms with E-state index in [0.29, 0.717) is 0 Å². The molecule has 16 heteroatoms. The van der Waals surface area contributed by atoms with Crippen molar-refractivity contribution in [2.24, 2.45) is 17.8 Å². The van der Waals surface area contributed by atoms with Crippen LogP contribution in [0.1, 0.15) is 24.3 Å². The maximum atomic E-state index is 15.1. The van der Waals surface area contributed by atoms with Crippen molar-refractivity contribution in [3.8, 4) is 5.75 Å². The molecule has 2 saturated heterocycles. The Morgan fingerprint density at radius 2 is 1.38 bits per heavy atom. The fourth-order valence-electron chi connectivity index (χ4n) is 7.52. The maximum Gasteiger partial charge on any atom is 0.258 e. The monoisotopic (exact) mass is 820 g/mol. The fraction of sp³-hybridized carbons (Fsp3) is 0.250. The van der Waals surface area contributed by atoms with Gasteiger partial charge in [-0.05, 0) is 71.7 Å². The molecule has 3 aromatic rings. The van der Waals surface area contributed by atoms with Crippen LogP contribution in [0.15, 0.2) is 54.1 Å². The molecular weight excluding hydrogens is 804 g/mol. The number of hydrogen-bond acceptors (Lipinski definition) is 5. The lowest BCUT2D eigenvalue weighted by Gasteiger charge is -2.50. The van der Waals surface area contributed by atoms with Gasteiger partial charge in [0.05, 0.1) is 17.5 Å². The Morgan fingerprint density at radius 1 is 0.771 bits per heavy atom. The molecule has 7 nitrogen and oxygen atoms in total. The fourth-order valence-corrected chi connectivity index (χ4v) is 8.81. The first-order valence-electron chi connectivity index (χ1n) is 14.2. The van der Waals surface area contributed by atoms with E-state index in [1.807, 2.05) is 22.6 Å². The predicted octanol–water partition coefficient (Wildman–Crippen LogP) is 6.60. The lowest BCUT2D eigenvalue weighted by molar-refractivity contribution is -0.125. The van der Waals surface area contributed by atoms with Crippen LogP contribution in [-0.4, -0.2) is 38.5 Å². The van der Waals surface area contributed by atoms with Crippen molar-refractivity contribution in [1.29, 1.82) is 0 Å². The Labute approximate surface area is 290 Å². The summed E-state index contributed by atoms with van der Waals surface area (Å²) < 4.78 is 88.5. The number of halogens is 9. The summed E-state index contributed by atoms with van der Waals surface area (Å²) in [6, 6.07) is 9.55. The molecule has 0 spiro atoms. The van der Waals surface area contributed by atoms with Gasteiger partial charge < -0.3 is 5.11 Å². The molecule has 6 atom stereocenters. The highest BCUT2D eigenvalue weighted by Gasteiger charge is 2.77. The molecular formula is C32H17Cl2F6IN2O5. The van der Waals surface area contributed by atoms with E-state index in [4.69, 9.17) is 23.2 Å². The molecule has 0 unspecified atom stereocenters. The Balaban J connectivity index is 1.44. The standard InChI is InChI=1S/C32H17Cl2F6IN2O5/c33-31-10-16-13(8-9-14-18(16)28(46)42(27(14)45)12-6-4-11(41)5-7-12)19(15-2-1-3-17(35)26(15)44)32(31,34)30(48)43(29(31)47)25-23(39)21(37)20(36)22(38)24(25)40/h1-8,14,16,18-19,44H,9-10H2/t14-,16+,18-,19+,31+,32-/m0/s1. The van der Waals surface area contributed by atoms with E-state index < -0.39 is 115 Å². The minimum absolute atomic E-state index is 0.0782. The molecule has 0 radical (unpaired) electrons. The minimum Gasteiger partial charge on any atom is -0.505 e. The summed E-state index contributed by atoms with van der Waals surface area (Å²) in [5.41, 5.74) is -2.04. The summed E-state index contributed by atoms with van der Waals surface area (Å²) >= 11 is 16.0. The summed E-state index contributed by atoms with van der Waals surface area (Å²) in [4.78, 5) is 51.1. The first-order valence-corrected chi connectivity index (χ1v) is 16.0. The molecule has 2 aliphatic carbocycles. The van der Waals surface area contributed by atoms with Crippen LogP contribution in [0, 0.1) is 56.2 Å². The van der Waals surface area contributed by atoms with Crippen LogP contribution in [0.3, 0.4) is 0 Å². The molecule has 3 aromatic carbocycles. The number of phenolic OH excluding ortho intramolecular Hbond substituents is 1. The second kappa shape index (κ2) is 10.9. The van der Waals surface area contributed by atoms with Gasteiger partial charge in [-0.1, -0.05) is 23.8 Å². The number of imide groups is 2. The van der Waals surface area contributed by atoms with Gasteiger partial charge in [0.1, 0.15) is 5.69 Å². The zero-order valence-electron chi connectivity index (χ0n) is 23.7. The van der Waals surface area contributed by atoms with E-state index in [-0.39, 0.29) is 22.6 Å². The first-order chi connectivity index (χ1) is 22.6. The van der Waals surface area contributed by atoms with Crippen molar-refractivity contribution in [3.63, 3.8) is 0 Å². The van der Waals surface area contributed by atoms with Gasteiger partial charge in [0, 0.05) is 15.1 Å². The Kier molecular flexibility index (Phi) is 7.50. The second-order valence-electron chi connectivity index (χ2n) is 11.9. The summed E-state index contributed by atoms with van der Waals surface area (Å²) in [5, 5.41) is 10.9. The number of amides is 4. The van der Waals surface area contributed by atoms with Gasteiger partial charge in [-0.15, -0.1) is 23.2 Å². The third-order valence-corrected chi connectivity index (χ3v) is 11.8. The Hall–Kier alpha value is -3.63. The largest absolute Gasteiger partial charge is 0.505 e. The third-order valence-electron chi connectivity index (χ3n) is 9.64. The topological polar surface area (TPSA) is 95.0 Å². The summed E-state index contributed by atoms with van der Waals surface area (Å²) in [6.07, 6.45) is 0.608. The van der Waals surface area contributed by atoms with E-state index in [9.17, 15) is 41.8 Å². The average molecular weight is 821 g/mol. The number of benzene rings is 3. The lowest BCUT2D eigenvalue weighted by Crippen LogP contribution is -2.60. The zero-order valence-corrected chi connectivity index (χ0v) is 27.4. The number of nitrogens with zero attached hydrogens (tertiary/aromatic N) is 2. The van der Waals surface area contributed by atoms with Gasteiger partial charge in [0.25, 0.3) is 11.8 Å². The highest BCUT2D eigenvalue weighted by Crippen LogP contribution is 2.66. The van der Waals surface area contributed by atoms with Crippen molar-refractivity contribution in [2.45, 2.75) is 28.5 Å². The van der Waals surface area contributed by atoms with Crippen molar-refractivity contribution in [3.05, 3.63) is 98.2 Å². The molecule has 4 aliphatic rings. The third kappa shape index (κ3) is 4.08. The van der Waals surface area contributed by atoms with E-state index >= 15 is 8.78 Å². The second-order valence-corrected chi connectivity index (χ2v) is 14.3. The number of alkyl halides is 2. The number of para-hydroxylation sites is 1. The molecule has 1 saturated carbocycles. The van der Waals surface area contributed by atoms with Gasteiger partial charge >= 0.3 is 0 Å². The molecule has 1 N–H and O–H groups in total. The average Bonchev–Trinajstić information content (AvgIpc) is 3.39. The number of anilines is 2. The Bertz CT molecular complexity index is 2020. The summed E-state index contributed by atoms with van der Waals surface area (Å²) in [6.45, 7) is 0. The molecule has 4 amide bonds. The number of phenols is 1. The van der Waals surface area contributed by atoms with Crippen LogP contribution in [0.25, 0.3) is 0 Å². The van der Waals surface area contributed by atoms with Gasteiger partial charge in [-0.25, -0.2) is 31.2 Å². The highest BCUT2D eigenvalue weighted by molar-refractivity contribution is 14.1. The van der Waals surface area contributed by atoms with Crippen LogP contribution in [-0.2, 0) is 19.2 Å². The maximum absolute atomic E-state index is 15.1. The van der Waals surface area contributed by atoms with E-state index in [1.54, 1.807) is 24.3 Å². The quantitative estimate of drug-likeness (QED) is 0.0612. The number of carbonyl (C=O) groups excluding carboxylic acids is 4. The number of allylic oxidation sites excluding steroid dienone is 2. The number of hydrogen-bond donors (Lipinski definition) is 1.